The highest BCUT2D eigenvalue weighted by molar-refractivity contribution is 5.85. The number of aryl methyl sites for hydroxylation is 1. The minimum atomic E-state index is 0. The van der Waals surface area contributed by atoms with E-state index in [0.717, 1.165) is 31.0 Å². The summed E-state index contributed by atoms with van der Waals surface area (Å²) in [6.07, 6.45) is 2.14. The molecule has 1 aromatic heterocycles. The number of hydrogen-bond donors (Lipinski definition) is 1. The largest absolute Gasteiger partial charge is 0.326 e. The van der Waals surface area contributed by atoms with Gasteiger partial charge < -0.3 is 5.73 Å². The Kier molecular flexibility index (Phi) is 5.04. The van der Waals surface area contributed by atoms with Crippen molar-refractivity contribution in [2.75, 3.05) is 13.1 Å². The lowest BCUT2D eigenvalue weighted by molar-refractivity contribution is 0.318. The van der Waals surface area contributed by atoms with Crippen molar-refractivity contribution in [3.63, 3.8) is 0 Å². The minimum Gasteiger partial charge on any atom is -0.326 e. The standard InChI is InChI=1S/C16H22N4.ClH/c1-12-8-19(11-16(12)17)9-14-10-20(18-13(14)2)15-6-4-3-5-7-15;/h3-7,10,12,16H,8-9,11,17H2,1-2H3;1H. The molecule has 0 bridgehead atoms. The molecule has 0 aliphatic carbocycles. The first-order chi connectivity index (χ1) is 9.63. The normalized spacial score (nSPS) is 22.2. The summed E-state index contributed by atoms with van der Waals surface area (Å²) in [5.74, 6) is 0.583. The van der Waals surface area contributed by atoms with Gasteiger partial charge in [0.25, 0.3) is 0 Å². The maximum absolute atomic E-state index is 6.09. The Bertz CT molecular complexity index is 571. The quantitative estimate of drug-likeness (QED) is 0.947. The van der Waals surface area contributed by atoms with Crippen molar-refractivity contribution >= 4 is 12.4 Å². The topological polar surface area (TPSA) is 47.1 Å². The van der Waals surface area contributed by atoms with Gasteiger partial charge >= 0.3 is 0 Å². The maximum Gasteiger partial charge on any atom is 0.0645 e. The van der Waals surface area contributed by atoms with E-state index in [0.29, 0.717) is 12.0 Å². The Balaban J connectivity index is 0.00000161. The molecule has 2 atom stereocenters. The number of nitrogens with two attached hydrogens (primary N) is 1. The maximum atomic E-state index is 6.09. The number of halogens is 1. The van der Waals surface area contributed by atoms with Gasteiger partial charge in [0, 0.05) is 37.4 Å². The Hall–Kier alpha value is -1.36. The van der Waals surface area contributed by atoms with Crippen LogP contribution in [0.25, 0.3) is 5.69 Å². The van der Waals surface area contributed by atoms with Gasteiger partial charge in [0.05, 0.1) is 11.4 Å². The second kappa shape index (κ2) is 6.60. The van der Waals surface area contributed by atoms with Crippen LogP contribution in [0.2, 0.25) is 0 Å². The van der Waals surface area contributed by atoms with Gasteiger partial charge in [-0.25, -0.2) is 4.68 Å². The van der Waals surface area contributed by atoms with Crippen molar-refractivity contribution < 1.29 is 0 Å². The molecule has 2 aromatic rings. The molecule has 2 heterocycles. The minimum absolute atomic E-state index is 0. The number of nitrogens with zero attached hydrogens (tertiary/aromatic N) is 3. The Labute approximate surface area is 132 Å². The van der Waals surface area contributed by atoms with Crippen LogP contribution in [0.4, 0.5) is 0 Å². The van der Waals surface area contributed by atoms with Crippen LogP contribution in [-0.2, 0) is 6.54 Å². The summed E-state index contributed by atoms with van der Waals surface area (Å²) in [4.78, 5) is 2.43. The second-order valence-corrected chi connectivity index (χ2v) is 5.86. The van der Waals surface area contributed by atoms with E-state index in [2.05, 4.69) is 42.2 Å². The van der Waals surface area contributed by atoms with Gasteiger partial charge in [0.1, 0.15) is 0 Å². The fraction of sp³-hybridized carbons (Fsp3) is 0.438. The van der Waals surface area contributed by atoms with Crippen molar-refractivity contribution in [2.45, 2.75) is 26.4 Å². The molecule has 1 aliphatic rings. The van der Waals surface area contributed by atoms with E-state index in [4.69, 9.17) is 5.73 Å². The third kappa shape index (κ3) is 3.46. The monoisotopic (exact) mass is 306 g/mol. The lowest BCUT2D eigenvalue weighted by Gasteiger charge is -2.14. The van der Waals surface area contributed by atoms with Gasteiger partial charge in [-0.2, -0.15) is 5.10 Å². The first-order valence-electron chi connectivity index (χ1n) is 7.22. The van der Waals surface area contributed by atoms with Crippen LogP contribution >= 0.6 is 12.4 Å². The smallest absolute Gasteiger partial charge is 0.0645 e. The van der Waals surface area contributed by atoms with Crippen molar-refractivity contribution in [3.8, 4) is 5.69 Å². The highest BCUT2D eigenvalue weighted by atomic mass is 35.5. The molecule has 1 fully saturated rings. The van der Waals surface area contributed by atoms with Crippen molar-refractivity contribution in [2.24, 2.45) is 11.7 Å². The molecule has 1 saturated heterocycles. The highest BCUT2D eigenvalue weighted by Crippen LogP contribution is 2.19. The zero-order valence-electron chi connectivity index (χ0n) is 12.6. The third-order valence-corrected chi connectivity index (χ3v) is 4.16. The molecular formula is C16H23ClN4. The van der Waals surface area contributed by atoms with Gasteiger partial charge in [-0.3, -0.25) is 4.90 Å². The third-order valence-electron chi connectivity index (χ3n) is 4.16. The van der Waals surface area contributed by atoms with E-state index in [-0.39, 0.29) is 12.4 Å². The average molecular weight is 307 g/mol. The zero-order valence-corrected chi connectivity index (χ0v) is 13.4. The SMILES string of the molecule is Cc1nn(-c2ccccc2)cc1CN1CC(C)C(N)C1.Cl. The number of likely N-dealkylation sites (tertiary alicyclic amines) is 1. The number of hydrogen-bond acceptors (Lipinski definition) is 3. The highest BCUT2D eigenvalue weighted by Gasteiger charge is 2.27. The van der Waals surface area contributed by atoms with Crippen LogP contribution < -0.4 is 5.73 Å². The van der Waals surface area contributed by atoms with Crippen molar-refractivity contribution in [3.05, 3.63) is 47.8 Å². The van der Waals surface area contributed by atoms with Gasteiger partial charge in [-0.15, -0.1) is 12.4 Å². The molecule has 0 saturated carbocycles. The Morgan fingerprint density at radius 3 is 2.57 bits per heavy atom. The van der Waals surface area contributed by atoms with Gasteiger partial charge in [0.2, 0.25) is 0 Å². The van der Waals surface area contributed by atoms with E-state index >= 15 is 0 Å². The molecule has 4 nitrogen and oxygen atoms in total. The first-order valence-corrected chi connectivity index (χ1v) is 7.22. The summed E-state index contributed by atoms with van der Waals surface area (Å²) in [6, 6.07) is 10.5. The predicted molar refractivity (Wildman–Crippen MR) is 88.0 cm³/mol. The molecule has 0 amide bonds. The summed E-state index contributed by atoms with van der Waals surface area (Å²) in [6.45, 7) is 7.31. The molecule has 21 heavy (non-hydrogen) atoms. The van der Waals surface area contributed by atoms with Gasteiger partial charge in [-0.1, -0.05) is 25.1 Å². The molecule has 5 heteroatoms. The lowest BCUT2D eigenvalue weighted by atomic mass is 10.1. The van der Waals surface area contributed by atoms with E-state index in [1.165, 1.54) is 5.56 Å². The number of rotatable bonds is 3. The van der Waals surface area contributed by atoms with Crippen LogP contribution in [0.1, 0.15) is 18.2 Å². The Morgan fingerprint density at radius 2 is 1.95 bits per heavy atom. The summed E-state index contributed by atoms with van der Waals surface area (Å²) < 4.78 is 1.96. The second-order valence-electron chi connectivity index (χ2n) is 5.86. The van der Waals surface area contributed by atoms with Gasteiger partial charge in [-0.05, 0) is 25.0 Å². The summed E-state index contributed by atoms with van der Waals surface area (Å²) in [7, 11) is 0. The molecule has 3 rings (SSSR count). The number of aromatic nitrogens is 2. The molecule has 2 N–H and O–H groups in total. The number of para-hydroxylation sites is 1. The van der Waals surface area contributed by atoms with E-state index in [1.54, 1.807) is 0 Å². The van der Waals surface area contributed by atoms with Gasteiger partial charge in [0.15, 0.2) is 0 Å². The predicted octanol–water partition coefficient (Wildman–Crippen LogP) is 2.38. The van der Waals surface area contributed by atoms with Crippen molar-refractivity contribution in [1.29, 1.82) is 0 Å². The van der Waals surface area contributed by atoms with Crippen molar-refractivity contribution in [1.82, 2.24) is 14.7 Å². The molecular weight excluding hydrogens is 284 g/mol. The van der Waals surface area contributed by atoms with Crippen LogP contribution in [-0.4, -0.2) is 33.8 Å². The molecule has 114 valence electrons. The lowest BCUT2D eigenvalue weighted by Crippen LogP contribution is -2.28. The summed E-state index contributed by atoms with van der Waals surface area (Å²) in [5, 5.41) is 4.62. The molecule has 0 radical (unpaired) electrons. The van der Waals surface area contributed by atoms with Crippen LogP contribution in [0, 0.1) is 12.8 Å². The van der Waals surface area contributed by atoms with Crippen LogP contribution in [0.5, 0.6) is 0 Å². The zero-order chi connectivity index (χ0) is 14.1. The first kappa shape index (κ1) is 16.0. The molecule has 0 spiro atoms. The van der Waals surface area contributed by atoms with E-state index in [9.17, 15) is 0 Å². The van der Waals surface area contributed by atoms with Crippen LogP contribution in [0.3, 0.4) is 0 Å². The fourth-order valence-corrected chi connectivity index (χ4v) is 2.83. The average Bonchev–Trinajstić information content (AvgIpc) is 2.95. The summed E-state index contributed by atoms with van der Waals surface area (Å²) in [5.41, 5.74) is 9.59. The molecule has 1 aromatic carbocycles. The summed E-state index contributed by atoms with van der Waals surface area (Å²) >= 11 is 0. The van der Waals surface area contributed by atoms with E-state index < -0.39 is 0 Å². The molecule has 2 unspecified atom stereocenters. The van der Waals surface area contributed by atoms with E-state index in [1.807, 2.05) is 22.9 Å². The number of benzene rings is 1. The molecule has 1 aliphatic heterocycles. The van der Waals surface area contributed by atoms with Crippen LogP contribution in [0.15, 0.2) is 36.5 Å². The Morgan fingerprint density at radius 1 is 1.24 bits per heavy atom. The fourth-order valence-electron chi connectivity index (χ4n) is 2.83.